The Morgan fingerprint density at radius 3 is 2.44 bits per heavy atom. The van der Waals surface area contributed by atoms with E-state index in [1.54, 1.807) is 23.2 Å². The Hall–Kier alpha value is -1.84. The van der Waals surface area contributed by atoms with Crippen molar-refractivity contribution in [3.05, 3.63) is 37.2 Å². The van der Waals surface area contributed by atoms with Crippen LogP contribution in [0.15, 0.2) is 31.5 Å². The summed E-state index contributed by atoms with van der Waals surface area (Å²) >= 11 is 0. The number of aromatic amines is 1. The topological polar surface area (TPSA) is 53.2 Å². The molecule has 0 aliphatic carbocycles. The highest BCUT2D eigenvalue weighted by molar-refractivity contribution is 5.93. The lowest BCUT2D eigenvalue weighted by molar-refractivity contribution is -0.120. The maximum atomic E-state index is 11.8. The van der Waals surface area contributed by atoms with Crippen LogP contribution in [0.4, 0.5) is 0 Å². The molecule has 1 saturated heterocycles. The van der Waals surface area contributed by atoms with Crippen LogP contribution in [0.1, 0.15) is 23.3 Å². The smallest absolute Gasteiger partial charge is 0.270 e. The second kappa shape index (κ2) is 5.90. The fourth-order valence-electron chi connectivity index (χ4n) is 1.59. The van der Waals surface area contributed by atoms with Crippen LogP contribution in [-0.4, -0.2) is 34.7 Å². The predicted octanol–water partition coefficient (Wildman–Crippen LogP) is 1.62. The molecule has 0 aromatic carbocycles. The van der Waals surface area contributed by atoms with Crippen molar-refractivity contribution in [2.75, 3.05) is 13.1 Å². The number of Topliss-reactive ketones (excluding diaryl/α,β-unsaturated/α-hetero) is 1. The highest BCUT2D eigenvalue weighted by atomic mass is 16.2. The van der Waals surface area contributed by atoms with Crippen LogP contribution in [0.5, 0.6) is 0 Å². The fourth-order valence-corrected chi connectivity index (χ4v) is 1.59. The highest BCUT2D eigenvalue weighted by Gasteiger charge is 2.21. The van der Waals surface area contributed by atoms with E-state index in [2.05, 4.69) is 18.1 Å². The molecular weight excluding hydrogens is 204 g/mol. The Bertz CT molecular complexity index is 347. The Kier molecular flexibility index (Phi) is 4.51. The van der Waals surface area contributed by atoms with E-state index in [4.69, 9.17) is 0 Å². The fraction of sp³-hybridized carbons (Fsp3) is 0.333. The van der Waals surface area contributed by atoms with Crippen LogP contribution in [0.2, 0.25) is 0 Å². The first kappa shape index (κ1) is 12.2. The number of nitrogens with zero attached hydrogens (tertiary/aromatic N) is 1. The van der Waals surface area contributed by atoms with E-state index in [9.17, 15) is 9.59 Å². The predicted molar refractivity (Wildman–Crippen MR) is 62.2 cm³/mol. The first-order valence-corrected chi connectivity index (χ1v) is 5.22. The highest BCUT2D eigenvalue weighted by Crippen LogP contribution is 2.09. The summed E-state index contributed by atoms with van der Waals surface area (Å²) in [7, 11) is 0. The van der Waals surface area contributed by atoms with Gasteiger partial charge in [0.15, 0.2) is 0 Å². The van der Waals surface area contributed by atoms with E-state index in [-0.39, 0.29) is 11.7 Å². The third-order valence-corrected chi connectivity index (χ3v) is 2.44. The van der Waals surface area contributed by atoms with Gasteiger partial charge in [-0.2, -0.15) is 0 Å². The average Bonchev–Trinajstić information content (AvgIpc) is 2.85. The van der Waals surface area contributed by atoms with Crippen LogP contribution < -0.4 is 0 Å². The molecule has 0 atom stereocenters. The summed E-state index contributed by atoms with van der Waals surface area (Å²) in [5, 5.41) is 0. The van der Waals surface area contributed by atoms with Crippen LogP contribution in [0.3, 0.4) is 0 Å². The molecule has 1 aliphatic heterocycles. The zero-order valence-electron chi connectivity index (χ0n) is 9.24. The van der Waals surface area contributed by atoms with E-state index in [0.29, 0.717) is 31.6 Å². The summed E-state index contributed by atoms with van der Waals surface area (Å²) in [5.74, 6) is 0.239. The Morgan fingerprint density at radius 1 is 1.31 bits per heavy atom. The lowest BCUT2D eigenvalue weighted by Crippen LogP contribution is -2.38. The maximum absolute atomic E-state index is 11.8. The van der Waals surface area contributed by atoms with E-state index >= 15 is 0 Å². The van der Waals surface area contributed by atoms with Gasteiger partial charge in [-0.05, 0) is 12.1 Å². The molecule has 86 valence electrons. The molecule has 1 amide bonds. The monoisotopic (exact) mass is 220 g/mol. The zero-order valence-corrected chi connectivity index (χ0v) is 9.24. The molecule has 0 radical (unpaired) electrons. The van der Waals surface area contributed by atoms with Gasteiger partial charge in [0.1, 0.15) is 11.5 Å². The van der Waals surface area contributed by atoms with Gasteiger partial charge >= 0.3 is 0 Å². The SMILES string of the molecule is C=C.O=C1CCN(C(=O)c2ccc[nH]2)CC1. The number of amides is 1. The number of carbonyl (C=O) groups is 2. The summed E-state index contributed by atoms with van der Waals surface area (Å²) in [6, 6.07) is 3.54. The molecule has 1 aromatic rings. The van der Waals surface area contributed by atoms with Gasteiger partial charge in [0.25, 0.3) is 5.91 Å². The second-order valence-corrected chi connectivity index (χ2v) is 3.41. The van der Waals surface area contributed by atoms with Crippen LogP contribution in [0.25, 0.3) is 0 Å². The second-order valence-electron chi connectivity index (χ2n) is 3.41. The summed E-state index contributed by atoms with van der Waals surface area (Å²) < 4.78 is 0. The van der Waals surface area contributed by atoms with Crippen LogP contribution >= 0.6 is 0 Å². The number of nitrogens with one attached hydrogen (secondary N) is 1. The van der Waals surface area contributed by atoms with Gasteiger partial charge in [0.2, 0.25) is 0 Å². The molecular formula is C12H16N2O2. The summed E-state index contributed by atoms with van der Waals surface area (Å²) in [5.41, 5.74) is 0.597. The number of piperidine rings is 1. The Labute approximate surface area is 95.0 Å². The average molecular weight is 220 g/mol. The number of likely N-dealkylation sites (tertiary alicyclic amines) is 1. The molecule has 4 nitrogen and oxygen atoms in total. The van der Waals surface area contributed by atoms with Crippen molar-refractivity contribution in [3.63, 3.8) is 0 Å². The van der Waals surface area contributed by atoms with E-state index in [1.807, 2.05) is 0 Å². The van der Waals surface area contributed by atoms with Crippen molar-refractivity contribution in [3.8, 4) is 0 Å². The largest absolute Gasteiger partial charge is 0.357 e. The van der Waals surface area contributed by atoms with Crippen LogP contribution in [-0.2, 0) is 4.79 Å². The molecule has 0 spiro atoms. The number of H-pyrrole nitrogens is 1. The van der Waals surface area contributed by atoms with Gasteiger partial charge in [-0.1, -0.05) is 0 Å². The van der Waals surface area contributed by atoms with Gasteiger partial charge in [-0.15, -0.1) is 13.2 Å². The van der Waals surface area contributed by atoms with Gasteiger partial charge in [-0.25, -0.2) is 0 Å². The summed E-state index contributed by atoms with van der Waals surface area (Å²) in [4.78, 5) is 27.3. The maximum Gasteiger partial charge on any atom is 0.270 e. The van der Waals surface area contributed by atoms with Gasteiger partial charge in [-0.3, -0.25) is 9.59 Å². The molecule has 2 rings (SSSR count). The minimum atomic E-state index is -0.0116. The number of aromatic nitrogens is 1. The van der Waals surface area contributed by atoms with E-state index < -0.39 is 0 Å². The quantitative estimate of drug-likeness (QED) is 0.731. The molecule has 4 heteroatoms. The number of hydrogen-bond donors (Lipinski definition) is 1. The molecule has 1 aromatic heterocycles. The lowest BCUT2D eigenvalue weighted by atomic mass is 10.1. The molecule has 1 fully saturated rings. The van der Waals surface area contributed by atoms with E-state index in [0.717, 1.165) is 0 Å². The van der Waals surface area contributed by atoms with Crippen molar-refractivity contribution in [2.24, 2.45) is 0 Å². The number of hydrogen-bond acceptors (Lipinski definition) is 2. The lowest BCUT2D eigenvalue weighted by Gasteiger charge is -2.25. The van der Waals surface area contributed by atoms with Gasteiger partial charge in [0, 0.05) is 32.1 Å². The number of carbonyl (C=O) groups excluding carboxylic acids is 2. The molecule has 1 aliphatic rings. The first-order chi connectivity index (χ1) is 7.77. The molecule has 0 bridgehead atoms. The minimum Gasteiger partial charge on any atom is -0.357 e. The number of rotatable bonds is 1. The third-order valence-electron chi connectivity index (χ3n) is 2.44. The molecule has 1 N–H and O–H groups in total. The number of ketones is 1. The summed E-state index contributed by atoms with van der Waals surface area (Å²) in [6.07, 6.45) is 2.71. The standard InChI is InChI=1S/C10H12N2O2.C2H4/c13-8-3-6-12(7-4-8)10(14)9-2-1-5-11-9;1-2/h1-2,5,11H,3-4,6-7H2;1-2H2. The molecule has 16 heavy (non-hydrogen) atoms. The molecule has 0 unspecified atom stereocenters. The van der Waals surface area contributed by atoms with Crippen molar-refractivity contribution >= 4 is 11.7 Å². The zero-order chi connectivity index (χ0) is 12.0. The third kappa shape index (κ3) is 2.82. The van der Waals surface area contributed by atoms with Crippen LogP contribution in [0, 0.1) is 0 Å². The summed E-state index contributed by atoms with van der Waals surface area (Å²) in [6.45, 7) is 7.10. The molecule has 2 heterocycles. The van der Waals surface area contributed by atoms with Crippen molar-refractivity contribution in [1.29, 1.82) is 0 Å². The van der Waals surface area contributed by atoms with Gasteiger partial charge < -0.3 is 9.88 Å². The van der Waals surface area contributed by atoms with Crippen molar-refractivity contribution in [2.45, 2.75) is 12.8 Å². The Morgan fingerprint density at radius 2 is 1.94 bits per heavy atom. The molecule has 0 saturated carbocycles. The van der Waals surface area contributed by atoms with Gasteiger partial charge in [0.05, 0.1) is 0 Å². The Balaban J connectivity index is 0.000000606. The first-order valence-electron chi connectivity index (χ1n) is 5.22. The normalized spacial score (nSPS) is 15.2. The van der Waals surface area contributed by atoms with Crippen molar-refractivity contribution in [1.82, 2.24) is 9.88 Å². The van der Waals surface area contributed by atoms with E-state index in [1.165, 1.54) is 0 Å². The minimum absolute atomic E-state index is 0.0116. The van der Waals surface area contributed by atoms with Crippen molar-refractivity contribution < 1.29 is 9.59 Å².